The molecule has 2 aromatic heterocycles. The van der Waals surface area contributed by atoms with Crippen molar-refractivity contribution in [1.82, 2.24) is 14.8 Å². The highest BCUT2D eigenvalue weighted by Crippen LogP contribution is 2.15. The molecule has 0 spiro atoms. The Morgan fingerprint density at radius 2 is 2.12 bits per heavy atom. The van der Waals surface area contributed by atoms with Gasteiger partial charge in [-0.3, -0.25) is 9.67 Å². The molecule has 4 heteroatoms. The highest BCUT2D eigenvalue weighted by Gasteiger charge is 2.09. The molecule has 0 unspecified atom stereocenters. The van der Waals surface area contributed by atoms with Gasteiger partial charge in [0.2, 0.25) is 0 Å². The molecule has 0 bridgehead atoms. The van der Waals surface area contributed by atoms with Gasteiger partial charge >= 0.3 is 0 Å². The van der Waals surface area contributed by atoms with Gasteiger partial charge in [0.1, 0.15) is 0 Å². The van der Waals surface area contributed by atoms with Crippen molar-refractivity contribution in [1.29, 1.82) is 0 Å². The average Bonchev–Trinajstić information content (AvgIpc) is 2.63. The zero-order chi connectivity index (χ0) is 12.3. The fourth-order valence-corrected chi connectivity index (χ4v) is 2.30. The maximum Gasteiger partial charge on any atom is 0.0640 e. The van der Waals surface area contributed by atoms with E-state index in [1.54, 1.807) is 0 Å². The lowest BCUT2D eigenvalue weighted by Gasteiger charge is -2.04. The van der Waals surface area contributed by atoms with E-state index in [9.17, 15) is 0 Å². The molecule has 90 valence electrons. The first-order valence-electron chi connectivity index (χ1n) is 5.71. The molecule has 0 aliphatic heterocycles. The van der Waals surface area contributed by atoms with Gasteiger partial charge in [-0.15, -0.1) is 11.6 Å². The van der Waals surface area contributed by atoms with Gasteiger partial charge in [0.15, 0.2) is 0 Å². The molecule has 0 aromatic carbocycles. The first-order valence-corrected chi connectivity index (χ1v) is 6.24. The fourth-order valence-electron chi connectivity index (χ4n) is 1.91. The molecule has 0 saturated carbocycles. The molecule has 2 rings (SSSR count). The van der Waals surface area contributed by atoms with Gasteiger partial charge < -0.3 is 0 Å². The second kappa shape index (κ2) is 5.32. The number of aromatic nitrogens is 3. The molecule has 0 aliphatic rings. The molecular weight excluding hydrogens is 234 g/mol. The van der Waals surface area contributed by atoms with Crippen molar-refractivity contribution < 1.29 is 0 Å². The van der Waals surface area contributed by atoms with Crippen molar-refractivity contribution in [3.63, 3.8) is 0 Å². The van der Waals surface area contributed by atoms with Crippen LogP contribution in [-0.4, -0.2) is 14.8 Å². The summed E-state index contributed by atoms with van der Waals surface area (Å²) in [5, 5.41) is 4.50. The van der Waals surface area contributed by atoms with E-state index >= 15 is 0 Å². The lowest BCUT2D eigenvalue weighted by Crippen LogP contribution is -2.06. The minimum Gasteiger partial charge on any atom is -0.269 e. The second-order valence-electron chi connectivity index (χ2n) is 4.08. The molecule has 2 aromatic rings. The molecule has 0 fully saturated rings. The van der Waals surface area contributed by atoms with Gasteiger partial charge in [-0.05, 0) is 26.0 Å². The van der Waals surface area contributed by atoms with E-state index < -0.39 is 0 Å². The number of hydrogen-bond donors (Lipinski definition) is 0. The number of aryl methyl sites for hydroxylation is 3. The summed E-state index contributed by atoms with van der Waals surface area (Å²) in [5.41, 5.74) is 4.42. The van der Waals surface area contributed by atoms with Crippen molar-refractivity contribution in [3.05, 3.63) is 47.0 Å². The minimum atomic E-state index is 0.529. The third-order valence-electron chi connectivity index (χ3n) is 2.97. The summed E-state index contributed by atoms with van der Waals surface area (Å²) in [7, 11) is 0. The predicted octanol–water partition coefficient (Wildman–Crippen LogP) is 2.88. The minimum absolute atomic E-state index is 0.529. The molecule has 17 heavy (non-hydrogen) atoms. The number of rotatable bonds is 4. The summed E-state index contributed by atoms with van der Waals surface area (Å²) in [5.74, 6) is 0.529. The fraction of sp³-hybridized carbons (Fsp3) is 0.385. The smallest absolute Gasteiger partial charge is 0.0640 e. The third-order valence-corrected chi connectivity index (χ3v) is 3.24. The molecule has 0 radical (unpaired) electrons. The zero-order valence-electron chi connectivity index (χ0n) is 10.2. The maximum absolute atomic E-state index is 5.90. The van der Waals surface area contributed by atoms with Crippen LogP contribution in [0.3, 0.4) is 0 Å². The van der Waals surface area contributed by atoms with Crippen LogP contribution in [-0.2, 0) is 18.8 Å². The normalized spacial score (nSPS) is 10.8. The molecule has 2 heterocycles. The van der Waals surface area contributed by atoms with Gasteiger partial charge in [-0.25, -0.2) is 0 Å². The SMILES string of the molecule is Cc1nn(CCc2ccccn2)c(C)c1CCl. The van der Waals surface area contributed by atoms with Crippen LogP contribution in [0.25, 0.3) is 0 Å². The molecular formula is C13H16ClN3. The van der Waals surface area contributed by atoms with Gasteiger partial charge in [0.25, 0.3) is 0 Å². The first-order chi connectivity index (χ1) is 8.22. The summed E-state index contributed by atoms with van der Waals surface area (Å²) in [4.78, 5) is 4.31. The monoisotopic (exact) mass is 249 g/mol. The molecule has 0 aliphatic carbocycles. The molecule has 0 saturated heterocycles. The number of alkyl halides is 1. The lowest BCUT2D eigenvalue weighted by molar-refractivity contribution is 0.588. The second-order valence-corrected chi connectivity index (χ2v) is 4.34. The van der Waals surface area contributed by atoms with Gasteiger partial charge in [0.05, 0.1) is 11.6 Å². The number of nitrogens with zero attached hydrogens (tertiary/aromatic N) is 3. The molecule has 0 amide bonds. The van der Waals surface area contributed by atoms with E-state index in [4.69, 9.17) is 11.6 Å². The van der Waals surface area contributed by atoms with Gasteiger partial charge in [-0.1, -0.05) is 6.07 Å². The van der Waals surface area contributed by atoms with Crippen LogP contribution in [0.5, 0.6) is 0 Å². The molecule has 0 atom stereocenters. The molecule has 3 nitrogen and oxygen atoms in total. The van der Waals surface area contributed by atoms with Crippen molar-refractivity contribution >= 4 is 11.6 Å². The van der Waals surface area contributed by atoms with Crippen LogP contribution >= 0.6 is 11.6 Å². The van der Waals surface area contributed by atoms with Crippen LogP contribution in [0.15, 0.2) is 24.4 Å². The van der Waals surface area contributed by atoms with E-state index in [0.717, 1.165) is 35.6 Å². The largest absolute Gasteiger partial charge is 0.269 e. The topological polar surface area (TPSA) is 30.7 Å². The van der Waals surface area contributed by atoms with Crippen LogP contribution in [0, 0.1) is 13.8 Å². The summed E-state index contributed by atoms with van der Waals surface area (Å²) in [6.45, 7) is 4.92. The van der Waals surface area contributed by atoms with Crippen molar-refractivity contribution in [3.8, 4) is 0 Å². The Morgan fingerprint density at radius 3 is 2.71 bits per heavy atom. The summed E-state index contributed by atoms with van der Waals surface area (Å²) in [6, 6.07) is 5.97. The Kier molecular flexibility index (Phi) is 3.79. The Labute approximate surface area is 106 Å². The first kappa shape index (κ1) is 12.1. The third kappa shape index (κ3) is 2.67. The Bertz CT molecular complexity index is 491. The van der Waals surface area contributed by atoms with Crippen molar-refractivity contribution in [2.24, 2.45) is 0 Å². The number of halogens is 1. The van der Waals surface area contributed by atoms with E-state index in [-0.39, 0.29) is 0 Å². The summed E-state index contributed by atoms with van der Waals surface area (Å²) >= 11 is 5.90. The Hall–Kier alpha value is -1.35. The van der Waals surface area contributed by atoms with Crippen molar-refractivity contribution in [2.75, 3.05) is 0 Å². The average molecular weight is 250 g/mol. The quantitative estimate of drug-likeness (QED) is 0.780. The van der Waals surface area contributed by atoms with E-state index in [2.05, 4.69) is 17.0 Å². The lowest BCUT2D eigenvalue weighted by atomic mass is 10.2. The van der Waals surface area contributed by atoms with Crippen LogP contribution in [0.1, 0.15) is 22.6 Å². The van der Waals surface area contributed by atoms with Crippen LogP contribution in [0.4, 0.5) is 0 Å². The number of hydrogen-bond acceptors (Lipinski definition) is 2. The van der Waals surface area contributed by atoms with E-state index in [1.165, 1.54) is 0 Å². The maximum atomic E-state index is 5.90. The van der Waals surface area contributed by atoms with Crippen LogP contribution < -0.4 is 0 Å². The highest BCUT2D eigenvalue weighted by atomic mass is 35.5. The Morgan fingerprint density at radius 1 is 1.29 bits per heavy atom. The Balaban J connectivity index is 2.10. The van der Waals surface area contributed by atoms with E-state index in [0.29, 0.717) is 5.88 Å². The number of pyridine rings is 1. The highest BCUT2D eigenvalue weighted by molar-refractivity contribution is 6.17. The van der Waals surface area contributed by atoms with Crippen molar-refractivity contribution in [2.45, 2.75) is 32.7 Å². The van der Waals surface area contributed by atoms with Gasteiger partial charge in [-0.2, -0.15) is 5.10 Å². The summed E-state index contributed by atoms with van der Waals surface area (Å²) in [6.07, 6.45) is 2.71. The van der Waals surface area contributed by atoms with Crippen LogP contribution in [0.2, 0.25) is 0 Å². The standard InChI is InChI=1S/C13H16ClN3/c1-10-13(9-14)11(2)17(16-10)8-6-12-5-3-4-7-15-12/h3-5,7H,6,8-9H2,1-2H3. The summed E-state index contributed by atoms with van der Waals surface area (Å²) < 4.78 is 2.02. The van der Waals surface area contributed by atoms with Gasteiger partial charge in [0, 0.05) is 36.1 Å². The molecule has 0 N–H and O–H groups in total. The zero-order valence-corrected chi connectivity index (χ0v) is 10.9. The predicted molar refractivity (Wildman–Crippen MR) is 69.2 cm³/mol. The van der Waals surface area contributed by atoms with E-state index in [1.807, 2.05) is 36.0 Å².